The van der Waals surface area contributed by atoms with Crippen LogP contribution in [0.3, 0.4) is 0 Å². The van der Waals surface area contributed by atoms with Crippen LogP contribution in [0.25, 0.3) is 0 Å². The van der Waals surface area contributed by atoms with Crippen LogP contribution in [-0.4, -0.2) is 61.1 Å². The molecule has 0 radical (unpaired) electrons. The highest BCUT2D eigenvalue weighted by Gasteiger charge is 2.22. The Morgan fingerprint density at radius 2 is 1.87 bits per heavy atom. The zero-order chi connectivity index (χ0) is 16.7. The monoisotopic (exact) mass is 319 g/mol. The quantitative estimate of drug-likeness (QED) is 0.903. The van der Waals surface area contributed by atoms with Crippen LogP contribution in [0.15, 0.2) is 24.3 Å². The first kappa shape index (κ1) is 17.3. The molecule has 0 aromatic heterocycles. The van der Waals surface area contributed by atoms with Crippen LogP contribution in [-0.2, 0) is 9.53 Å². The van der Waals surface area contributed by atoms with E-state index in [0.29, 0.717) is 32.7 Å². The summed E-state index contributed by atoms with van der Waals surface area (Å²) in [4.78, 5) is 27.6. The number of hydrogen-bond donors (Lipinski definition) is 1. The van der Waals surface area contributed by atoms with Gasteiger partial charge >= 0.3 is 6.09 Å². The third-order valence-corrected chi connectivity index (χ3v) is 3.97. The molecule has 1 aliphatic heterocycles. The molecule has 126 valence electrons. The summed E-state index contributed by atoms with van der Waals surface area (Å²) in [7, 11) is 0. The van der Waals surface area contributed by atoms with Crippen LogP contribution in [0, 0.1) is 6.92 Å². The summed E-state index contributed by atoms with van der Waals surface area (Å²) in [6.45, 7) is 7.74. The predicted molar refractivity (Wildman–Crippen MR) is 89.5 cm³/mol. The number of benzene rings is 1. The van der Waals surface area contributed by atoms with Gasteiger partial charge in [-0.25, -0.2) is 4.79 Å². The fourth-order valence-electron chi connectivity index (χ4n) is 2.55. The van der Waals surface area contributed by atoms with E-state index in [2.05, 4.69) is 10.2 Å². The summed E-state index contributed by atoms with van der Waals surface area (Å²) in [5.74, 6) is 0.0205. The van der Waals surface area contributed by atoms with Gasteiger partial charge in [0.1, 0.15) is 0 Å². The molecule has 1 fully saturated rings. The molecule has 1 aromatic rings. The van der Waals surface area contributed by atoms with Crippen LogP contribution >= 0.6 is 0 Å². The van der Waals surface area contributed by atoms with Crippen molar-refractivity contribution in [1.82, 2.24) is 9.80 Å². The highest BCUT2D eigenvalue weighted by molar-refractivity contribution is 5.91. The van der Waals surface area contributed by atoms with Crippen LogP contribution in [0.2, 0.25) is 0 Å². The molecule has 23 heavy (non-hydrogen) atoms. The molecule has 0 saturated carbocycles. The molecule has 1 saturated heterocycles. The molecule has 2 amide bonds. The molecule has 0 aliphatic carbocycles. The first-order valence-electron chi connectivity index (χ1n) is 8.09. The van der Waals surface area contributed by atoms with Gasteiger partial charge in [0.2, 0.25) is 5.91 Å². The Hall–Kier alpha value is -2.08. The van der Waals surface area contributed by atoms with Crippen LogP contribution in [0.4, 0.5) is 10.5 Å². The number of hydrogen-bond acceptors (Lipinski definition) is 4. The number of rotatable bonds is 5. The third-order valence-electron chi connectivity index (χ3n) is 3.97. The number of amides is 2. The molecule has 6 heteroatoms. The molecule has 1 heterocycles. The summed E-state index contributed by atoms with van der Waals surface area (Å²) in [6.07, 6.45) is 0.206. The van der Waals surface area contributed by atoms with Crippen molar-refractivity contribution in [2.45, 2.75) is 20.3 Å². The van der Waals surface area contributed by atoms with Crippen LogP contribution in [0.5, 0.6) is 0 Å². The average Bonchev–Trinajstić information content (AvgIpc) is 2.56. The molecule has 0 atom stereocenters. The van der Waals surface area contributed by atoms with E-state index in [9.17, 15) is 9.59 Å². The van der Waals surface area contributed by atoms with Crippen molar-refractivity contribution < 1.29 is 14.3 Å². The maximum atomic E-state index is 12.0. The topological polar surface area (TPSA) is 61.9 Å². The number of anilines is 1. The maximum Gasteiger partial charge on any atom is 0.409 e. The van der Waals surface area contributed by atoms with E-state index in [1.165, 1.54) is 0 Å². The van der Waals surface area contributed by atoms with Gasteiger partial charge in [0.05, 0.1) is 6.61 Å². The smallest absolute Gasteiger partial charge is 0.409 e. The predicted octanol–water partition coefficient (Wildman–Crippen LogP) is 2.10. The van der Waals surface area contributed by atoms with E-state index in [1.807, 2.05) is 31.2 Å². The summed E-state index contributed by atoms with van der Waals surface area (Å²) >= 11 is 0. The lowest BCUT2D eigenvalue weighted by atomic mass is 10.2. The highest BCUT2D eigenvalue weighted by atomic mass is 16.6. The molecule has 0 bridgehead atoms. The van der Waals surface area contributed by atoms with Gasteiger partial charge < -0.3 is 15.0 Å². The van der Waals surface area contributed by atoms with E-state index in [4.69, 9.17) is 4.74 Å². The Labute approximate surface area is 137 Å². The van der Waals surface area contributed by atoms with Crippen molar-refractivity contribution >= 4 is 17.7 Å². The molecule has 1 aliphatic rings. The molecule has 6 nitrogen and oxygen atoms in total. The second-order valence-corrected chi connectivity index (χ2v) is 5.64. The van der Waals surface area contributed by atoms with Gasteiger partial charge in [-0.1, -0.05) is 18.2 Å². The van der Waals surface area contributed by atoms with E-state index < -0.39 is 0 Å². The van der Waals surface area contributed by atoms with E-state index in [1.54, 1.807) is 11.8 Å². The second kappa shape index (κ2) is 8.53. The van der Waals surface area contributed by atoms with Gasteiger partial charge in [0.25, 0.3) is 0 Å². The Kier molecular flexibility index (Phi) is 6.40. The summed E-state index contributed by atoms with van der Waals surface area (Å²) in [6, 6.07) is 7.75. The first-order chi connectivity index (χ1) is 11.1. The number of nitrogens with zero attached hydrogens (tertiary/aromatic N) is 2. The minimum atomic E-state index is -0.246. The SMILES string of the molecule is CCOC(=O)N1CCN(CCC(=O)Nc2ccccc2C)CC1. The second-order valence-electron chi connectivity index (χ2n) is 5.64. The summed E-state index contributed by atoms with van der Waals surface area (Å²) in [5, 5.41) is 2.94. The molecular formula is C17H25N3O3. The first-order valence-corrected chi connectivity index (χ1v) is 8.09. The van der Waals surface area contributed by atoms with Crippen molar-refractivity contribution in [3.8, 4) is 0 Å². The maximum absolute atomic E-state index is 12.0. The number of piperazine rings is 1. The van der Waals surface area contributed by atoms with E-state index in [0.717, 1.165) is 24.3 Å². The van der Waals surface area contributed by atoms with Crippen molar-refractivity contribution in [3.05, 3.63) is 29.8 Å². The molecule has 0 unspecified atom stereocenters. The molecule has 1 N–H and O–H groups in total. The summed E-state index contributed by atoms with van der Waals surface area (Å²) in [5.41, 5.74) is 1.92. The third kappa shape index (κ3) is 5.25. The van der Waals surface area contributed by atoms with Gasteiger partial charge in [0, 0.05) is 44.8 Å². The zero-order valence-corrected chi connectivity index (χ0v) is 13.9. The Morgan fingerprint density at radius 3 is 2.52 bits per heavy atom. The molecule has 0 spiro atoms. The van der Waals surface area contributed by atoms with E-state index >= 15 is 0 Å². The minimum Gasteiger partial charge on any atom is -0.450 e. The number of carbonyl (C=O) groups excluding carboxylic acids is 2. The lowest BCUT2D eigenvalue weighted by Crippen LogP contribution is -2.49. The average molecular weight is 319 g/mol. The lowest BCUT2D eigenvalue weighted by Gasteiger charge is -2.33. The van der Waals surface area contributed by atoms with Crippen molar-refractivity contribution in [2.75, 3.05) is 44.6 Å². The fourth-order valence-corrected chi connectivity index (χ4v) is 2.55. The van der Waals surface area contributed by atoms with E-state index in [-0.39, 0.29) is 12.0 Å². The molecular weight excluding hydrogens is 294 g/mol. The Morgan fingerprint density at radius 1 is 1.17 bits per heavy atom. The van der Waals surface area contributed by atoms with Gasteiger partial charge in [0.15, 0.2) is 0 Å². The minimum absolute atomic E-state index is 0.0205. The molecule has 1 aromatic carbocycles. The van der Waals surface area contributed by atoms with Crippen LogP contribution in [0.1, 0.15) is 18.9 Å². The molecule has 2 rings (SSSR count). The standard InChI is InChI=1S/C17H25N3O3/c1-3-23-17(22)20-12-10-19(11-13-20)9-8-16(21)18-15-7-5-4-6-14(15)2/h4-7H,3,8-13H2,1-2H3,(H,18,21). The number of carbonyl (C=O) groups is 2. The lowest BCUT2D eigenvalue weighted by molar-refractivity contribution is -0.116. The number of ether oxygens (including phenoxy) is 1. The fraction of sp³-hybridized carbons (Fsp3) is 0.529. The largest absolute Gasteiger partial charge is 0.450 e. The Bertz CT molecular complexity index is 540. The van der Waals surface area contributed by atoms with Gasteiger partial charge in [-0.2, -0.15) is 0 Å². The van der Waals surface area contributed by atoms with Crippen LogP contribution < -0.4 is 5.32 Å². The highest BCUT2D eigenvalue weighted by Crippen LogP contribution is 2.13. The van der Waals surface area contributed by atoms with Gasteiger partial charge in [-0.3, -0.25) is 9.69 Å². The zero-order valence-electron chi connectivity index (χ0n) is 13.9. The number of nitrogens with one attached hydrogen (secondary N) is 1. The van der Waals surface area contributed by atoms with Gasteiger partial charge in [-0.05, 0) is 25.5 Å². The van der Waals surface area contributed by atoms with Crippen molar-refractivity contribution in [1.29, 1.82) is 0 Å². The van der Waals surface area contributed by atoms with Gasteiger partial charge in [-0.15, -0.1) is 0 Å². The number of aryl methyl sites for hydroxylation is 1. The number of para-hydroxylation sites is 1. The van der Waals surface area contributed by atoms with Crippen molar-refractivity contribution in [3.63, 3.8) is 0 Å². The normalized spacial score (nSPS) is 15.3. The summed E-state index contributed by atoms with van der Waals surface area (Å²) < 4.78 is 5.00. The Balaban J connectivity index is 1.70. The van der Waals surface area contributed by atoms with Crippen molar-refractivity contribution in [2.24, 2.45) is 0 Å².